The van der Waals surface area contributed by atoms with Gasteiger partial charge in [0, 0.05) is 19.3 Å². The first-order valence-electron chi connectivity index (χ1n) is 11.0. The topological polar surface area (TPSA) is 81.0 Å². The van der Waals surface area contributed by atoms with E-state index in [1.165, 1.54) is 12.1 Å². The van der Waals surface area contributed by atoms with Crippen molar-refractivity contribution in [2.24, 2.45) is 5.92 Å². The van der Waals surface area contributed by atoms with Crippen LogP contribution < -0.4 is 5.56 Å². The minimum absolute atomic E-state index is 0.122. The van der Waals surface area contributed by atoms with Crippen LogP contribution in [0.1, 0.15) is 42.6 Å². The summed E-state index contributed by atoms with van der Waals surface area (Å²) in [6.07, 6.45) is 1.13. The second-order valence-electron chi connectivity index (χ2n) is 8.05. The monoisotopic (exact) mass is 446 g/mol. The molecular formula is C24H31FN2O5. The van der Waals surface area contributed by atoms with Gasteiger partial charge in [-0.1, -0.05) is 12.1 Å². The van der Waals surface area contributed by atoms with Gasteiger partial charge in [0.25, 0.3) is 5.56 Å². The fourth-order valence-electron chi connectivity index (χ4n) is 4.38. The molecule has 1 atom stereocenters. The molecule has 1 N–H and O–H groups in total. The van der Waals surface area contributed by atoms with Gasteiger partial charge in [-0.05, 0) is 63.5 Å². The van der Waals surface area contributed by atoms with E-state index in [4.69, 9.17) is 9.47 Å². The summed E-state index contributed by atoms with van der Waals surface area (Å²) < 4.78 is 26.0. The number of carbonyl (C=O) groups is 1. The number of rotatable bonds is 8. The molecule has 8 heteroatoms. The Morgan fingerprint density at radius 3 is 2.62 bits per heavy atom. The highest BCUT2D eigenvalue weighted by Gasteiger charge is 2.34. The number of halogens is 1. The Kier molecular flexibility index (Phi) is 8.04. The minimum atomic E-state index is -0.643. The van der Waals surface area contributed by atoms with Crippen molar-refractivity contribution in [3.8, 4) is 5.75 Å². The predicted molar refractivity (Wildman–Crippen MR) is 118 cm³/mol. The van der Waals surface area contributed by atoms with E-state index in [1.54, 1.807) is 43.7 Å². The number of carbonyl (C=O) groups excluding carboxylic acids is 1. The number of hydrogen-bond acceptors (Lipinski definition) is 6. The van der Waals surface area contributed by atoms with Crippen molar-refractivity contribution in [3.63, 3.8) is 0 Å². The van der Waals surface area contributed by atoms with Crippen LogP contribution in [0.5, 0.6) is 5.75 Å². The lowest BCUT2D eigenvalue weighted by molar-refractivity contribution is -0.149. The molecule has 1 fully saturated rings. The van der Waals surface area contributed by atoms with Crippen molar-refractivity contribution in [1.29, 1.82) is 0 Å². The van der Waals surface area contributed by atoms with Gasteiger partial charge >= 0.3 is 5.97 Å². The molecule has 1 aliphatic heterocycles. The Labute approximate surface area is 187 Å². The second-order valence-corrected chi connectivity index (χ2v) is 8.05. The zero-order valence-electron chi connectivity index (χ0n) is 18.8. The van der Waals surface area contributed by atoms with Gasteiger partial charge in [-0.15, -0.1) is 0 Å². The molecule has 1 unspecified atom stereocenters. The highest BCUT2D eigenvalue weighted by atomic mass is 19.1. The molecule has 7 nitrogen and oxygen atoms in total. The molecule has 174 valence electrons. The number of aromatic hydroxyl groups is 1. The summed E-state index contributed by atoms with van der Waals surface area (Å²) in [6.45, 7) is 5.58. The number of esters is 1. The Morgan fingerprint density at radius 1 is 1.28 bits per heavy atom. The molecule has 1 aromatic heterocycles. The number of aryl methyl sites for hydroxylation is 1. The summed E-state index contributed by atoms with van der Waals surface area (Å²) in [5.41, 5.74) is 1.06. The first-order valence-corrected chi connectivity index (χ1v) is 11.0. The van der Waals surface area contributed by atoms with Gasteiger partial charge in [-0.3, -0.25) is 14.5 Å². The van der Waals surface area contributed by atoms with Gasteiger partial charge in [0.1, 0.15) is 11.6 Å². The highest BCUT2D eigenvalue weighted by Crippen LogP contribution is 2.35. The number of benzene rings is 1. The number of piperidine rings is 1. The largest absolute Gasteiger partial charge is 0.507 e. The van der Waals surface area contributed by atoms with Crippen LogP contribution in [-0.2, 0) is 20.8 Å². The number of aromatic nitrogens is 1. The Morgan fingerprint density at radius 2 is 2.00 bits per heavy atom. The number of nitrogens with zero attached hydrogens (tertiary/aromatic N) is 2. The van der Waals surface area contributed by atoms with Gasteiger partial charge in [0.2, 0.25) is 0 Å². The normalized spacial score (nSPS) is 16.1. The molecule has 0 amide bonds. The van der Waals surface area contributed by atoms with E-state index in [2.05, 4.69) is 0 Å². The first kappa shape index (κ1) is 23.9. The first-order chi connectivity index (χ1) is 15.4. The Hall–Kier alpha value is -2.71. The molecule has 1 saturated heterocycles. The highest BCUT2D eigenvalue weighted by molar-refractivity contribution is 5.72. The third-order valence-corrected chi connectivity index (χ3v) is 5.99. The summed E-state index contributed by atoms with van der Waals surface area (Å²) >= 11 is 0. The summed E-state index contributed by atoms with van der Waals surface area (Å²) in [5.74, 6) is -0.956. The smallest absolute Gasteiger partial charge is 0.309 e. The molecule has 0 aliphatic carbocycles. The molecular weight excluding hydrogens is 415 g/mol. The van der Waals surface area contributed by atoms with Crippen LogP contribution in [0.3, 0.4) is 0 Å². The summed E-state index contributed by atoms with van der Waals surface area (Å²) in [4.78, 5) is 27.6. The van der Waals surface area contributed by atoms with E-state index >= 15 is 0 Å². The molecule has 0 spiro atoms. The summed E-state index contributed by atoms with van der Waals surface area (Å²) in [7, 11) is 1.56. The van der Waals surface area contributed by atoms with Gasteiger partial charge in [0.05, 0.1) is 30.7 Å². The lowest BCUT2D eigenvalue weighted by atomic mass is 9.91. The van der Waals surface area contributed by atoms with Crippen LogP contribution in [0.15, 0.2) is 35.1 Å². The molecule has 0 radical (unpaired) electrons. The zero-order chi connectivity index (χ0) is 23.3. The zero-order valence-corrected chi connectivity index (χ0v) is 18.8. The predicted octanol–water partition coefficient (Wildman–Crippen LogP) is 3.01. The standard InChI is InChI=1S/C24H31FN2O5/c1-4-32-24(30)17-8-10-26(11-9-17)22(18-6-5-7-19(25)15-18)21-20(28)14-16(2)27(23(21)29)12-13-31-3/h5-7,14-15,17,22,28H,4,8-13H2,1-3H3. The molecule has 0 bridgehead atoms. The van der Waals surface area contributed by atoms with Crippen molar-refractivity contribution < 1.29 is 23.8 Å². The Bertz CT molecular complexity index is 998. The number of hydrogen-bond donors (Lipinski definition) is 1. The van der Waals surface area contributed by atoms with E-state index in [1.807, 2.05) is 4.90 Å². The van der Waals surface area contributed by atoms with Gasteiger partial charge in [-0.2, -0.15) is 0 Å². The molecule has 2 aromatic rings. The average Bonchev–Trinajstić information content (AvgIpc) is 2.77. The van der Waals surface area contributed by atoms with Crippen molar-refractivity contribution in [2.75, 3.05) is 33.4 Å². The maximum Gasteiger partial charge on any atom is 0.309 e. The van der Waals surface area contributed by atoms with E-state index in [0.717, 1.165) is 0 Å². The minimum Gasteiger partial charge on any atom is -0.507 e. The SMILES string of the molecule is CCOC(=O)C1CCN(C(c2cccc(F)c2)c2c(O)cc(C)n(CCOC)c2=O)CC1. The number of ether oxygens (including phenoxy) is 2. The molecule has 32 heavy (non-hydrogen) atoms. The van der Waals surface area contributed by atoms with Gasteiger partial charge in [-0.25, -0.2) is 4.39 Å². The maximum absolute atomic E-state index is 14.1. The number of likely N-dealkylation sites (tertiary alicyclic amines) is 1. The van der Waals surface area contributed by atoms with E-state index in [-0.39, 0.29) is 28.8 Å². The van der Waals surface area contributed by atoms with E-state index in [0.29, 0.717) is 56.9 Å². The third kappa shape index (κ3) is 5.19. The Balaban J connectivity index is 2.02. The van der Waals surface area contributed by atoms with Crippen molar-refractivity contribution in [3.05, 3.63) is 63.3 Å². The molecule has 3 rings (SSSR count). The average molecular weight is 447 g/mol. The fourth-order valence-corrected chi connectivity index (χ4v) is 4.38. The molecule has 1 aromatic carbocycles. The van der Waals surface area contributed by atoms with E-state index < -0.39 is 11.9 Å². The van der Waals surface area contributed by atoms with Gasteiger partial charge < -0.3 is 19.1 Å². The lowest BCUT2D eigenvalue weighted by Crippen LogP contribution is -2.42. The van der Waals surface area contributed by atoms with Crippen LogP contribution in [0.2, 0.25) is 0 Å². The van der Waals surface area contributed by atoms with Crippen LogP contribution in [0, 0.1) is 18.7 Å². The van der Waals surface area contributed by atoms with Crippen LogP contribution >= 0.6 is 0 Å². The van der Waals surface area contributed by atoms with Crippen molar-refractivity contribution in [2.45, 2.75) is 39.3 Å². The van der Waals surface area contributed by atoms with Crippen LogP contribution in [-0.4, -0.2) is 54.0 Å². The molecule has 1 aliphatic rings. The second kappa shape index (κ2) is 10.7. The molecule has 2 heterocycles. The van der Waals surface area contributed by atoms with E-state index in [9.17, 15) is 19.1 Å². The van der Waals surface area contributed by atoms with Crippen molar-refractivity contribution >= 4 is 5.97 Å². The van der Waals surface area contributed by atoms with Gasteiger partial charge in [0.15, 0.2) is 0 Å². The molecule has 0 saturated carbocycles. The summed E-state index contributed by atoms with van der Waals surface area (Å²) in [5, 5.41) is 10.8. The van der Waals surface area contributed by atoms with Crippen LogP contribution in [0.25, 0.3) is 0 Å². The summed E-state index contributed by atoms with van der Waals surface area (Å²) in [6, 6.07) is 7.00. The lowest BCUT2D eigenvalue weighted by Gasteiger charge is -2.37. The fraction of sp³-hybridized carbons (Fsp3) is 0.500. The number of pyridine rings is 1. The quantitative estimate of drug-likeness (QED) is 0.628. The van der Waals surface area contributed by atoms with Crippen molar-refractivity contribution in [1.82, 2.24) is 9.47 Å². The number of methoxy groups -OCH3 is 1. The van der Waals surface area contributed by atoms with Crippen LogP contribution in [0.4, 0.5) is 4.39 Å². The third-order valence-electron chi connectivity index (χ3n) is 5.99. The maximum atomic E-state index is 14.1.